The van der Waals surface area contributed by atoms with E-state index in [0.29, 0.717) is 26.3 Å². The Labute approximate surface area is 191 Å². The van der Waals surface area contributed by atoms with Crippen molar-refractivity contribution in [2.24, 2.45) is 12.0 Å². The van der Waals surface area contributed by atoms with E-state index >= 15 is 0 Å². The fourth-order valence-electron chi connectivity index (χ4n) is 3.71. The Morgan fingerprint density at radius 2 is 2.00 bits per heavy atom. The van der Waals surface area contributed by atoms with E-state index in [1.807, 2.05) is 74.1 Å². The summed E-state index contributed by atoms with van der Waals surface area (Å²) >= 11 is 2.83. The first kappa shape index (κ1) is 20.3. The largest absolute Gasteiger partial charge is 0.322 e. The third kappa shape index (κ3) is 3.65. The lowest BCUT2D eigenvalue weighted by molar-refractivity contribution is -0.113. The molecule has 1 aromatic carbocycles. The SMILES string of the molecule is CC1=C(C(=O)Nc2ccccc2)[C@@H](c2cccs2)n2c(s/c(=C/c3cnn(C)c3)c2=O)=N1. The van der Waals surface area contributed by atoms with Crippen LogP contribution in [0.5, 0.6) is 0 Å². The van der Waals surface area contributed by atoms with E-state index in [-0.39, 0.29) is 11.5 Å². The molecule has 4 aromatic rings. The van der Waals surface area contributed by atoms with Gasteiger partial charge in [-0.15, -0.1) is 11.3 Å². The molecule has 0 spiro atoms. The summed E-state index contributed by atoms with van der Waals surface area (Å²) < 4.78 is 3.87. The molecule has 0 radical (unpaired) electrons. The van der Waals surface area contributed by atoms with Crippen molar-refractivity contribution in [1.29, 1.82) is 0 Å². The molecule has 3 aromatic heterocycles. The molecular weight excluding hydrogens is 442 g/mol. The van der Waals surface area contributed by atoms with Crippen LogP contribution in [0, 0.1) is 0 Å². The van der Waals surface area contributed by atoms with Crippen LogP contribution in [0.2, 0.25) is 0 Å². The molecule has 1 N–H and O–H groups in total. The number of hydrogen-bond donors (Lipinski definition) is 1. The summed E-state index contributed by atoms with van der Waals surface area (Å²) in [7, 11) is 1.83. The molecule has 4 heterocycles. The van der Waals surface area contributed by atoms with E-state index in [1.165, 1.54) is 22.7 Å². The van der Waals surface area contributed by atoms with Gasteiger partial charge >= 0.3 is 0 Å². The van der Waals surface area contributed by atoms with Crippen molar-refractivity contribution in [2.45, 2.75) is 13.0 Å². The molecule has 160 valence electrons. The van der Waals surface area contributed by atoms with Gasteiger partial charge in [-0.05, 0) is 36.6 Å². The second-order valence-electron chi connectivity index (χ2n) is 7.36. The number of carbonyl (C=O) groups excluding carboxylic acids is 1. The number of para-hydroxylation sites is 1. The van der Waals surface area contributed by atoms with Gasteiger partial charge in [-0.25, -0.2) is 4.99 Å². The Kier molecular flexibility index (Phi) is 5.20. The summed E-state index contributed by atoms with van der Waals surface area (Å²) in [5.41, 5.74) is 2.43. The number of aryl methyl sites for hydroxylation is 1. The van der Waals surface area contributed by atoms with Crippen LogP contribution in [0.1, 0.15) is 23.4 Å². The van der Waals surface area contributed by atoms with E-state index in [4.69, 9.17) is 0 Å². The first-order valence-corrected chi connectivity index (χ1v) is 11.6. The monoisotopic (exact) mass is 461 g/mol. The van der Waals surface area contributed by atoms with Gasteiger partial charge < -0.3 is 5.32 Å². The first-order valence-electron chi connectivity index (χ1n) is 9.92. The van der Waals surface area contributed by atoms with Crippen LogP contribution >= 0.6 is 22.7 Å². The molecule has 1 aliphatic rings. The van der Waals surface area contributed by atoms with E-state index in [9.17, 15) is 9.59 Å². The average molecular weight is 462 g/mol. The lowest BCUT2D eigenvalue weighted by atomic mass is 10.0. The highest BCUT2D eigenvalue weighted by Gasteiger charge is 2.33. The van der Waals surface area contributed by atoms with Gasteiger partial charge in [0.15, 0.2) is 4.80 Å². The number of anilines is 1. The maximum Gasteiger partial charge on any atom is 0.271 e. The quantitative estimate of drug-likeness (QED) is 0.507. The van der Waals surface area contributed by atoms with Crippen molar-refractivity contribution in [3.63, 3.8) is 0 Å². The average Bonchev–Trinajstić information content (AvgIpc) is 3.50. The van der Waals surface area contributed by atoms with Crippen molar-refractivity contribution in [1.82, 2.24) is 14.3 Å². The number of fused-ring (bicyclic) bond motifs is 1. The van der Waals surface area contributed by atoms with Crippen molar-refractivity contribution < 1.29 is 4.79 Å². The number of amides is 1. The Morgan fingerprint density at radius 1 is 1.19 bits per heavy atom. The molecule has 0 aliphatic carbocycles. The summed E-state index contributed by atoms with van der Waals surface area (Å²) in [5, 5.41) is 9.06. The molecule has 0 fully saturated rings. The molecule has 0 unspecified atom stereocenters. The summed E-state index contributed by atoms with van der Waals surface area (Å²) in [6.45, 7) is 1.82. The zero-order valence-electron chi connectivity index (χ0n) is 17.4. The van der Waals surface area contributed by atoms with Crippen molar-refractivity contribution in [2.75, 3.05) is 5.32 Å². The van der Waals surface area contributed by atoms with Crippen LogP contribution in [0.4, 0.5) is 5.69 Å². The minimum Gasteiger partial charge on any atom is -0.322 e. The standard InChI is InChI=1S/C23H19N5O2S2/c1-14-19(21(29)26-16-7-4-3-5-8-16)20(17-9-6-10-31-17)28-22(30)18(32-23(28)25-14)11-15-12-24-27(2)13-15/h3-13,20H,1-2H3,(H,26,29)/b18-11+/t20-/m1/s1. The summed E-state index contributed by atoms with van der Waals surface area (Å²) in [6.07, 6.45) is 5.36. The minimum absolute atomic E-state index is 0.173. The van der Waals surface area contributed by atoms with Gasteiger partial charge in [-0.2, -0.15) is 5.10 Å². The van der Waals surface area contributed by atoms with Crippen LogP contribution in [0.3, 0.4) is 0 Å². The normalized spacial score (nSPS) is 16.1. The maximum atomic E-state index is 13.5. The number of allylic oxidation sites excluding steroid dienone is 1. The number of rotatable bonds is 4. The highest BCUT2D eigenvalue weighted by atomic mass is 32.1. The fourth-order valence-corrected chi connectivity index (χ4v) is 5.58. The van der Waals surface area contributed by atoms with Crippen LogP contribution in [-0.4, -0.2) is 20.3 Å². The van der Waals surface area contributed by atoms with Crippen molar-refractivity contribution in [3.05, 3.63) is 102 Å². The van der Waals surface area contributed by atoms with Crippen molar-refractivity contribution >= 4 is 40.3 Å². The van der Waals surface area contributed by atoms with Crippen LogP contribution in [0.15, 0.2) is 81.3 Å². The Balaban J connectivity index is 1.65. The number of carbonyl (C=O) groups is 1. The summed E-state index contributed by atoms with van der Waals surface area (Å²) in [4.78, 5) is 33.0. The maximum absolute atomic E-state index is 13.5. The number of nitrogens with one attached hydrogen (secondary N) is 1. The molecule has 1 atom stereocenters. The zero-order chi connectivity index (χ0) is 22.2. The van der Waals surface area contributed by atoms with Crippen molar-refractivity contribution in [3.8, 4) is 0 Å². The molecule has 7 nitrogen and oxygen atoms in total. The number of aromatic nitrogens is 3. The minimum atomic E-state index is -0.536. The lowest BCUT2D eigenvalue weighted by Crippen LogP contribution is -2.40. The molecule has 0 saturated heterocycles. The highest BCUT2D eigenvalue weighted by molar-refractivity contribution is 7.10. The highest BCUT2D eigenvalue weighted by Crippen LogP contribution is 2.33. The van der Waals surface area contributed by atoms with Crippen LogP contribution in [-0.2, 0) is 11.8 Å². The second kappa shape index (κ2) is 8.18. The van der Waals surface area contributed by atoms with E-state index in [1.54, 1.807) is 15.4 Å². The van der Waals surface area contributed by atoms with E-state index < -0.39 is 6.04 Å². The molecule has 0 saturated carbocycles. The van der Waals surface area contributed by atoms with Crippen LogP contribution < -0.4 is 20.2 Å². The summed E-state index contributed by atoms with van der Waals surface area (Å²) in [6, 6.07) is 12.6. The van der Waals surface area contributed by atoms with Gasteiger partial charge in [0.2, 0.25) is 0 Å². The topological polar surface area (TPSA) is 81.3 Å². The lowest BCUT2D eigenvalue weighted by Gasteiger charge is -2.24. The van der Waals surface area contributed by atoms with Gasteiger partial charge in [0.1, 0.15) is 6.04 Å². The van der Waals surface area contributed by atoms with E-state index in [2.05, 4.69) is 15.4 Å². The Bertz CT molecular complexity index is 1510. The number of hydrogen-bond acceptors (Lipinski definition) is 6. The van der Waals surface area contributed by atoms with Gasteiger partial charge in [0, 0.05) is 29.4 Å². The Hall–Kier alpha value is -3.56. The Morgan fingerprint density at radius 3 is 2.69 bits per heavy atom. The third-order valence-corrected chi connectivity index (χ3v) is 7.04. The predicted molar refractivity (Wildman–Crippen MR) is 126 cm³/mol. The van der Waals surface area contributed by atoms with Gasteiger partial charge in [0.05, 0.1) is 22.0 Å². The number of thiazole rings is 1. The smallest absolute Gasteiger partial charge is 0.271 e. The second-order valence-corrected chi connectivity index (χ2v) is 9.35. The summed E-state index contributed by atoms with van der Waals surface area (Å²) in [5.74, 6) is -0.266. The molecule has 5 rings (SSSR count). The van der Waals surface area contributed by atoms with E-state index in [0.717, 1.165) is 10.4 Å². The third-order valence-electron chi connectivity index (χ3n) is 5.13. The van der Waals surface area contributed by atoms with Gasteiger partial charge in [-0.3, -0.25) is 18.8 Å². The molecule has 1 amide bonds. The molecule has 9 heteroatoms. The molecular formula is C23H19N5O2S2. The molecule has 32 heavy (non-hydrogen) atoms. The fraction of sp³-hybridized carbons (Fsp3) is 0.130. The zero-order valence-corrected chi connectivity index (χ0v) is 19.0. The number of nitrogens with zero attached hydrogens (tertiary/aromatic N) is 4. The van der Waals surface area contributed by atoms with Gasteiger partial charge in [0.25, 0.3) is 11.5 Å². The molecule has 0 bridgehead atoms. The predicted octanol–water partition coefficient (Wildman–Crippen LogP) is 2.67. The number of benzene rings is 1. The van der Waals surface area contributed by atoms with Crippen LogP contribution in [0.25, 0.3) is 6.08 Å². The van der Waals surface area contributed by atoms with Gasteiger partial charge in [-0.1, -0.05) is 35.6 Å². The molecule has 1 aliphatic heterocycles. The first-order chi connectivity index (χ1) is 15.5. The number of thiophene rings is 1.